The highest BCUT2D eigenvalue weighted by molar-refractivity contribution is 6.30. The summed E-state index contributed by atoms with van der Waals surface area (Å²) in [6.45, 7) is 1.74. The Balaban J connectivity index is 1.96. The number of nitrogens with zero attached hydrogens (tertiary/aromatic N) is 1. The second-order valence-corrected chi connectivity index (χ2v) is 8.66. The molecule has 1 amide bonds. The average Bonchev–Trinajstić information content (AvgIpc) is 3.59. The van der Waals surface area contributed by atoms with Gasteiger partial charge in [-0.2, -0.15) is 13.2 Å². The Morgan fingerprint density at radius 3 is 2.41 bits per heavy atom. The minimum Gasteiger partial charge on any atom is -0.340 e. The van der Waals surface area contributed by atoms with Gasteiger partial charge in [0, 0.05) is 18.5 Å². The molecule has 0 saturated heterocycles. The van der Waals surface area contributed by atoms with Crippen LogP contribution in [0, 0.1) is 12.8 Å². The molecule has 1 N–H and O–H groups in total. The maximum atomic E-state index is 13.7. The molecule has 2 aromatic carbocycles. The third-order valence-electron chi connectivity index (χ3n) is 5.79. The number of alkyl halides is 3. The molecule has 0 aliphatic heterocycles. The van der Waals surface area contributed by atoms with E-state index in [1.54, 1.807) is 19.1 Å². The van der Waals surface area contributed by atoms with E-state index in [1.165, 1.54) is 12.3 Å². The van der Waals surface area contributed by atoms with E-state index in [1.807, 2.05) is 30.3 Å². The Morgan fingerprint density at radius 2 is 1.81 bits per heavy atom. The summed E-state index contributed by atoms with van der Waals surface area (Å²) in [4.78, 5) is 17.5. The van der Waals surface area contributed by atoms with Crippen LogP contribution in [0.4, 0.5) is 13.2 Å². The molecular weight excluding hydrogens is 437 g/mol. The maximum Gasteiger partial charge on any atom is 0.416 e. The first-order valence-corrected chi connectivity index (χ1v) is 10.7. The van der Waals surface area contributed by atoms with E-state index in [0.717, 1.165) is 30.5 Å². The number of halogens is 4. The zero-order chi connectivity index (χ0) is 22.9. The highest BCUT2D eigenvalue weighted by Gasteiger charge is 2.43. The molecule has 1 aliphatic carbocycles. The first-order valence-electron chi connectivity index (χ1n) is 10.4. The zero-order valence-corrected chi connectivity index (χ0v) is 18.2. The van der Waals surface area contributed by atoms with Crippen molar-refractivity contribution >= 4 is 17.5 Å². The highest BCUT2D eigenvalue weighted by atomic mass is 35.5. The normalized spacial score (nSPS) is 15.8. The van der Waals surface area contributed by atoms with Crippen molar-refractivity contribution in [1.29, 1.82) is 0 Å². The van der Waals surface area contributed by atoms with Crippen LogP contribution in [0.1, 0.15) is 40.8 Å². The number of hydrogen-bond acceptors (Lipinski definition) is 2. The number of aryl methyl sites for hydroxylation is 1. The minimum atomic E-state index is -4.52. The smallest absolute Gasteiger partial charge is 0.340 e. The molecule has 1 aliphatic rings. The number of hydrogen-bond donors (Lipinski definition) is 1. The van der Waals surface area contributed by atoms with Crippen molar-refractivity contribution in [3.8, 4) is 0 Å². The molecule has 0 unspecified atom stereocenters. The van der Waals surface area contributed by atoms with Gasteiger partial charge >= 0.3 is 6.18 Å². The van der Waals surface area contributed by atoms with Gasteiger partial charge in [-0.1, -0.05) is 48.0 Å². The Labute approximate surface area is 189 Å². The molecule has 1 aromatic heterocycles. The van der Waals surface area contributed by atoms with Crippen molar-refractivity contribution in [2.75, 3.05) is 0 Å². The summed E-state index contributed by atoms with van der Waals surface area (Å²) in [7, 11) is 0. The summed E-state index contributed by atoms with van der Waals surface area (Å²) >= 11 is 6.05. The topological polar surface area (TPSA) is 42.0 Å². The van der Waals surface area contributed by atoms with E-state index < -0.39 is 17.3 Å². The van der Waals surface area contributed by atoms with Gasteiger partial charge in [-0.05, 0) is 60.7 Å². The summed E-state index contributed by atoms with van der Waals surface area (Å²) in [6, 6.07) is 16.3. The number of nitrogens with one attached hydrogen (secondary N) is 1. The van der Waals surface area contributed by atoms with Crippen LogP contribution < -0.4 is 5.32 Å². The van der Waals surface area contributed by atoms with Gasteiger partial charge in [-0.25, -0.2) is 0 Å². The van der Waals surface area contributed by atoms with Crippen LogP contribution in [0.2, 0.25) is 5.02 Å². The van der Waals surface area contributed by atoms with Crippen molar-refractivity contribution in [2.45, 2.75) is 37.9 Å². The molecule has 3 nitrogen and oxygen atoms in total. The zero-order valence-electron chi connectivity index (χ0n) is 17.4. The quantitative estimate of drug-likeness (QED) is 0.486. The largest absolute Gasteiger partial charge is 0.416 e. The van der Waals surface area contributed by atoms with Gasteiger partial charge in [0.15, 0.2) is 0 Å². The maximum absolute atomic E-state index is 13.7. The van der Waals surface area contributed by atoms with Gasteiger partial charge in [0.25, 0.3) is 0 Å². The lowest BCUT2D eigenvalue weighted by Gasteiger charge is -2.37. The second kappa shape index (κ2) is 8.58. The molecule has 0 bridgehead atoms. The highest BCUT2D eigenvalue weighted by Crippen LogP contribution is 2.40. The molecule has 4 rings (SSSR count). The molecule has 1 atom stereocenters. The van der Waals surface area contributed by atoms with Crippen LogP contribution in [-0.2, 0) is 22.9 Å². The Hall–Kier alpha value is -2.86. The standard InChI is InChI=1S/C25H22ClF3N2O/c1-16-7-10-19(25(27,28)29)13-21(16)24(31-23(32)18-8-9-18,14-17-5-3-2-4-6-17)22-12-11-20(26)15-30-22/h2-7,10-13,15,18H,8-9,14H2,1H3,(H,31,32)/t24-/m1/s1. The van der Waals surface area contributed by atoms with Gasteiger partial charge in [0.05, 0.1) is 16.3 Å². The van der Waals surface area contributed by atoms with Crippen molar-refractivity contribution < 1.29 is 18.0 Å². The third kappa shape index (κ3) is 4.65. The predicted octanol–water partition coefficient (Wildman–Crippen LogP) is 6.07. The van der Waals surface area contributed by atoms with E-state index in [0.29, 0.717) is 21.8 Å². The molecule has 32 heavy (non-hydrogen) atoms. The summed E-state index contributed by atoms with van der Waals surface area (Å²) in [5.74, 6) is -0.321. The van der Waals surface area contributed by atoms with E-state index in [2.05, 4.69) is 10.3 Å². The number of carbonyl (C=O) groups excluding carboxylic acids is 1. The fourth-order valence-corrected chi connectivity index (χ4v) is 4.06. The molecule has 0 spiro atoms. The lowest BCUT2D eigenvalue weighted by molar-refractivity contribution is -0.137. The van der Waals surface area contributed by atoms with Crippen molar-refractivity contribution in [1.82, 2.24) is 10.3 Å². The van der Waals surface area contributed by atoms with Gasteiger partial charge < -0.3 is 5.32 Å². The van der Waals surface area contributed by atoms with Crippen LogP contribution in [0.3, 0.4) is 0 Å². The summed E-state index contributed by atoms with van der Waals surface area (Å²) in [5.41, 5.74) is 0.211. The van der Waals surface area contributed by atoms with Crippen LogP contribution in [0.5, 0.6) is 0 Å². The molecule has 166 valence electrons. The van der Waals surface area contributed by atoms with Crippen molar-refractivity contribution in [2.24, 2.45) is 5.92 Å². The SMILES string of the molecule is Cc1ccc(C(F)(F)F)cc1[C@@](Cc1ccccc1)(NC(=O)C1CC1)c1ccc(Cl)cn1. The van der Waals surface area contributed by atoms with Gasteiger partial charge in [-0.15, -0.1) is 0 Å². The number of benzene rings is 2. The molecule has 0 radical (unpaired) electrons. The molecular formula is C25H22ClF3N2O. The lowest BCUT2D eigenvalue weighted by atomic mass is 9.77. The first-order chi connectivity index (χ1) is 15.2. The average molecular weight is 459 g/mol. The van der Waals surface area contributed by atoms with E-state index in [-0.39, 0.29) is 18.2 Å². The molecule has 7 heteroatoms. The number of rotatable bonds is 6. The van der Waals surface area contributed by atoms with Crippen LogP contribution in [-0.4, -0.2) is 10.9 Å². The summed E-state index contributed by atoms with van der Waals surface area (Å²) in [6.07, 6.45) is -1.30. The predicted molar refractivity (Wildman–Crippen MR) is 117 cm³/mol. The Morgan fingerprint density at radius 1 is 1.09 bits per heavy atom. The summed E-state index contributed by atoms with van der Waals surface area (Å²) in [5, 5.41) is 3.50. The van der Waals surface area contributed by atoms with Crippen molar-refractivity contribution in [3.05, 3.63) is 99.8 Å². The monoisotopic (exact) mass is 458 g/mol. The van der Waals surface area contributed by atoms with Crippen molar-refractivity contribution in [3.63, 3.8) is 0 Å². The fourth-order valence-electron chi connectivity index (χ4n) is 3.95. The number of amides is 1. The van der Waals surface area contributed by atoms with Gasteiger partial charge in [0.2, 0.25) is 5.91 Å². The molecule has 3 aromatic rings. The van der Waals surface area contributed by atoms with Gasteiger partial charge in [-0.3, -0.25) is 9.78 Å². The minimum absolute atomic E-state index is 0.136. The lowest BCUT2D eigenvalue weighted by Crippen LogP contribution is -2.50. The number of aromatic nitrogens is 1. The third-order valence-corrected chi connectivity index (χ3v) is 6.01. The fraction of sp³-hybridized carbons (Fsp3) is 0.280. The van der Waals surface area contributed by atoms with E-state index in [9.17, 15) is 18.0 Å². The van der Waals surface area contributed by atoms with E-state index in [4.69, 9.17) is 11.6 Å². The van der Waals surface area contributed by atoms with Crippen LogP contribution >= 0.6 is 11.6 Å². The number of pyridine rings is 1. The Bertz CT molecular complexity index is 1110. The van der Waals surface area contributed by atoms with Crippen LogP contribution in [0.15, 0.2) is 66.9 Å². The second-order valence-electron chi connectivity index (χ2n) is 8.22. The Kier molecular flexibility index (Phi) is 5.99. The molecule has 1 saturated carbocycles. The van der Waals surface area contributed by atoms with E-state index >= 15 is 0 Å². The van der Waals surface area contributed by atoms with Gasteiger partial charge in [0.1, 0.15) is 5.54 Å². The molecule has 1 fully saturated rings. The molecule has 1 heterocycles. The van der Waals surface area contributed by atoms with Crippen LogP contribution in [0.25, 0.3) is 0 Å². The first kappa shape index (κ1) is 22.3. The summed E-state index contributed by atoms with van der Waals surface area (Å²) < 4.78 is 41.0. The number of carbonyl (C=O) groups is 1.